The van der Waals surface area contributed by atoms with E-state index in [1.54, 1.807) is 6.26 Å². The molecule has 5 heteroatoms. The number of hydrogen-bond acceptors (Lipinski definition) is 2. The van der Waals surface area contributed by atoms with Gasteiger partial charge in [0.2, 0.25) is 0 Å². The summed E-state index contributed by atoms with van der Waals surface area (Å²) in [5.41, 5.74) is 0.586. The molecule has 1 atom stereocenters. The summed E-state index contributed by atoms with van der Waals surface area (Å²) >= 11 is 12.0. The Morgan fingerprint density at radius 1 is 1.32 bits per heavy atom. The van der Waals surface area contributed by atoms with Crippen molar-refractivity contribution in [2.24, 2.45) is 0 Å². The van der Waals surface area contributed by atoms with E-state index in [0.29, 0.717) is 17.1 Å². The molecule has 1 heterocycles. The molecule has 0 aliphatic rings. The van der Waals surface area contributed by atoms with Crippen LogP contribution in [0.4, 0.5) is 4.39 Å². The number of rotatable bonds is 5. The van der Waals surface area contributed by atoms with E-state index in [1.165, 1.54) is 12.1 Å². The van der Waals surface area contributed by atoms with Crippen LogP contribution in [0.25, 0.3) is 0 Å². The van der Waals surface area contributed by atoms with Crippen LogP contribution in [0.15, 0.2) is 34.9 Å². The van der Waals surface area contributed by atoms with Crippen LogP contribution >= 0.6 is 23.2 Å². The highest BCUT2D eigenvalue weighted by molar-refractivity contribution is 6.36. The van der Waals surface area contributed by atoms with Gasteiger partial charge in [-0.05, 0) is 31.2 Å². The lowest BCUT2D eigenvalue weighted by molar-refractivity contribution is 0.485. The van der Waals surface area contributed by atoms with Crippen molar-refractivity contribution >= 4 is 23.2 Å². The van der Waals surface area contributed by atoms with Crippen molar-refractivity contribution in [3.05, 3.63) is 57.7 Å². The normalized spacial score (nSPS) is 12.6. The Hall–Kier alpha value is -1.03. The molecule has 2 nitrogen and oxygen atoms in total. The van der Waals surface area contributed by atoms with Crippen LogP contribution in [0, 0.1) is 5.82 Å². The van der Waals surface area contributed by atoms with Crippen LogP contribution in [0.5, 0.6) is 0 Å². The van der Waals surface area contributed by atoms with Crippen LogP contribution in [0.2, 0.25) is 10.0 Å². The predicted octanol–water partition coefficient (Wildman–Crippen LogP) is 4.62. The molecule has 0 spiro atoms. The van der Waals surface area contributed by atoms with Crippen LogP contribution in [-0.2, 0) is 6.42 Å². The number of benzene rings is 1. The number of furan rings is 1. The highest BCUT2D eigenvalue weighted by Gasteiger charge is 2.16. The molecule has 0 aliphatic carbocycles. The Balaban J connectivity index is 2.00. The van der Waals surface area contributed by atoms with E-state index in [2.05, 4.69) is 5.32 Å². The summed E-state index contributed by atoms with van der Waals surface area (Å²) in [7, 11) is 0. The van der Waals surface area contributed by atoms with Gasteiger partial charge in [-0.3, -0.25) is 0 Å². The van der Waals surface area contributed by atoms with Gasteiger partial charge in [-0.1, -0.05) is 23.2 Å². The molecule has 1 unspecified atom stereocenters. The quantitative estimate of drug-likeness (QED) is 0.815. The van der Waals surface area contributed by atoms with Gasteiger partial charge in [-0.25, -0.2) is 4.39 Å². The summed E-state index contributed by atoms with van der Waals surface area (Å²) in [5, 5.41) is 3.79. The fourth-order valence-corrected chi connectivity index (χ4v) is 2.61. The standard InChI is InChI=1S/C14H14Cl2FNO/c1-9(18-7-6-10-3-2-8-19-10)13-11(15)4-5-12(17)14(13)16/h2-5,8-9,18H,6-7H2,1H3. The van der Waals surface area contributed by atoms with Crippen molar-refractivity contribution in [3.8, 4) is 0 Å². The van der Waals surface area contributed by atoms with Crippen molar-refractivity contribution in [1.29, 1.82) is 0 Å². The van der Waals surface area contributed by atoms with Gasteiger partial charge in [0.1, 0.15) is 11.6 Å². The van der Waals surface area contributed by atoms with Gasteiger partial charge in [0.05, 0.1) is 11.3 Å². The van der Waals surface area contributed by atoms with Crippen LogP contribution < -0.4 is 5.32 Å². The Kier molecular flexibility index (Phi) is 4.86. The van der Waals surface area contributed by atoms with Gasteiger partial charge in [-0.2, -0.15) is 0 Å². The second-order valence-electron chi connectivity index (χ2n) is 4.26. The summed E-state index contributed by atoms with van der Waals surface area (Å²) in [6, 6.07) is 6.41. The van der Waals surface area contributed by atoms with Crippen molar-refractivity contribution < 1.29 is 8.81 Å². The Morgan fingerprint density at radius 2 is 2.11 bits per heavy atom. The number of halogens is 3. The maximum absolute atomic E-state index is 13.4. The zero-order chi connectivity index (χ0) is 13.8. The molecule has 0 fully saturated rings. The molecule has 0 radical (unpaired) electrons. The summed E-state index contributed by atoms with van der Waals surface area (Å²) in [6.45, 7) is 2.59. The summed E-state index contributed by atoms with van der Waals surface area (Å²) in [5.74, 6) is 0.442. The van der Waals surface area contributed by atoms with Gasteiger partial charge in [0.15, 0.2) is 0 Å². The highest BCUT2D eigenvalue weighted by Crippen LogP contribution is 2.32. The van der Waals surface area contributed by atoms with Gasteiger partial charge in [0, 0.05) is 29.6 Å². The number of hydrogen-bond donors (Lipinski definition) is 1. The van der Waals surface area contributed by atoms with E-state index >= 15 is 0 Å². The molecular formula is C14H14Cl2FNO. The molecule has 102 valence electrons. The van der Waals surface area contributed by atoms with Gasteiger partial charge in [0.25, 0.3) is 0 Å². The first-order chi connectivity index (χ1) is 9.09. The van der Waals surface area contributed by atoms with Gasteiger partial charge >= 0.3 is 0 Å². The van der Waals surface area contributed by atoms with E-state index in [1.807, 2.05) is 19.1 Å². The molecule has 0 bridgehead atoms. The second kappa shape index (κ2) is 6.42. The zero-order valence-electron chi connectivity index (χ0n) is 10.4. The van der Waals surface area contributed by atoms with Crippen LogP contribution in [-0.4, -0.2) is 6.54 Å². The van der Waals surface area contributed by atoms with Crippen LogP contribution in [0.1, 0.15) is 24.3 Å². The monoisotopic (exact) mass is 301 g/mol. The van der Waals surface area contributed by atoms with Gasteiger partial charge < -0.3 is 9.73 Å². The van der Waals surface area contributed by atoms with Gasteiger partial charge in [-0.15, -0.1) is 0 Å². The smallest absolute Gasteiger partial charge is 0.142 e. The van der Waals surface area contributed by atoms with E-state index in [-0.39, 0.29) is 11.1 Å². The Morgan fingerprint density at radius 3 is 2.79 bits per heavy atom. The van der Waals surface area contributed by atoms with E-state index < -0.39 is 5.82 Å². The highest BCUT2D eigenvalue weighted by atomic mass is 35.5. The maximum Gasteiger partial charge on any atom is 0.142 e. The number of nitrogens with one attached hydrogen (secondary N) is 1. The average Bonchev–Trinajstić information content (AvgIpc) is 2.87. The van der Waals surface area contributed by atoms with Crippen molar-refractivity contribution in [2.75, 3.05) is 6.54 Å². The average molecular weight is 302 g/mol. The third-order valence-electron chi connectivity index (χ3n) is 2.91. The van der Waals surface area contributed by atoms with Crippen molar-refractivity contribution in [3.63, 3.8) is 0 Å². The maximum atomic E-state index is 13.4. The lowest BCUT2D eigenvalue weighted by Crippen LogP contribution is -2.22. The molecule has 0 saturated carbocycles. The summed E-state index contributed by atoms with van der Waals surface area (Å²) in [6.07, 6.45) is 2.39. The third kappa shape index (κ3) is 3.50. The van der Waals surface area contributed by atoms with Crippen molar-refractivity contribution in [2.45, 2.75) is 19.4 Å². The van der Waals surface area contributed by atoms with Crippen LogP contribution in [0.3, 0.4) is 0 Å². The molecule has 19 heavy (non-hydrogen) atoms. The molecule has 2 rings (SSSR count). The first-order valence-corrected chi connectivity index (χ1v) is 6.74. The summed E-state index contributed by atoms with van der Waals surface area (Å²) < 4.78 is 18.7. The lowest BCUT2D eigenvalue weighted by Gasteiger charge is -2.17. The molecule has 0 aliphatic heterocycles. The minimum atomic E-state index is -0.458. The molecule has 0 saturated heterocycles. The van der Waals surface area contributed by atoms with Crippen molar-refractivity contribution in [1.82, 2.24) is 5.32 Å². The second-order valence-corrected chi connectivity index (χ2v) is 5.05. The fourth-order valence-electron chi connectivity index (χ4n) is 1.91. The topological polar surface area (TPSA) is 25.2 Å². The zero-order valence-corrected chi connectivity index (χ0v) is 11.9. The van der Waals surface area contributed by atoms with E-state index in [9.17, 15) is 4.39 Å². The first-order valence-electron chi connectivity index (χ1n) is 5.98. The van der Waals surface area contributed by atoms with E-state index in [0.717, 1.165) is 12.2 Å². The predicted molar refractivity (Wildman–Crippen MR) is 75.2 cm³/mol. The lowest BCUT2D eigenvalue weighted by atomic mass is 10.1. The molecule has 1 N–H and O–H groups in total. The third-order valence-corrected chi connectivity index (χ3v) is 3.63. The fraction of sp³-hybridized carbons (Fsp3) is 0.286. The van der Waals surface area contributed by atoms with E-state index in [4.69, 9.17) is 27.6 Å². The SMILES string of the molecule is CC(NCCc1ccco1)c1c(Cl)ccc(F)c1Cl. The largest absolute Gasteiger partial charge is 0.469 e. The molecule has 2 aromatic rings. The minimum absolute atomic E-state index is 0.0745. The summed E-state index contributed by atoms with van der Waals surface area (Å²) in [4.78, 5) is 0. The Bertz CT molecular complexity index is 543. The first kappa shape index (κ1) is 14.4. The molecular weight excluding hydrogens is 288 g/mol. The minimum Gasteiger partial charge on any atom is -0.469 e. The molecule has 1 aromatic heterocycles. The molecule has 1 aromatic carbocycles. The Labute approximate surface area is 121 Å². The molecule has 0 amide bonds.